The molecule has 208 valence electrons. The Morgan fingerprint density at radius 3 is 2.00 bits per heavy atom. The molecule has 2 amide bonds. The van der Waals surface area contributed by atoms with Crippen LogP contribution in [-0.4, -0.2) is 43.8 Å². The van der Waals surface area contributed by atoms with Crippen molar-refractivity contribution in [3.63, 3.8) is 0 Å². The molecule has 8 heteroatoms. The molecule has 0 fully saturated rings. The van der Waals surface area contributed by atoms with E-state index in [1.165, 1.54) is 4.90 Å². The number of sulfonamides is 1. The van der Waals surface area contributed by atoms with Crippen molar-refractivity contribution in [2.45, 2.75) is 71.5 Å². The largest absolute Gasteiger partial charge is 0.352 e. The maximum absolute atomic E-state index is 14.0. The van der Waals surface area contributed by atoms with Crippen LogP contribution in [0.2, 0.25) is 0 Å². The van der Waals surface area contributed by atoms with Crippen LogP contribution in [0.15, 0.2) is 77.7 Å². The fourth-order valence-electron chi connectivity index (χ4n) is 4.09. The first-order valence-electron chi connectivity index (χ1n) is 13.2. The van der Waals surface area contributed by atoms with Crippen molar-refractivity contribution >= 4 is 27.5 Å². The van der Waals surface area contributed by atoms with Crippen LogP contribution in [0.5, 0.6) is 0 Å². The second-order valence-corrected chi connectivity index (χ2v) is 12.0. The summed E-state index contributed by atoms with van der Waals surface area (Å²) in [5, 5.41) is 2.95. The van der Waals surface area contributed by atoms with Gasteiger partial charge in [0.15, 0.2) is 0 Å². The standard InChI is InChI=1S/C31H39N3O4S/c1-7-25(5)32-31(36)26(6)33(20-27-15-11-22(2)12-16-27)30(35)21-34(28-10-8-9-24(4)19-28)39(37,38)29-17-13-23(3)14-18-29/h8-19,25-26H,7,20-21H2,1-6H3,(H,32,36)/t25-,26-/m0/s1. The van der Waals surface area contributed by atoms with E-state index in [1.54, 1.807) is 49.4 Å². The van der Waals surface area contributed by atoms with Crippen LogP contribution in [0, 0.1) is 20.8 Å². The minimum atomic E-state index is -4.08. The Labute approximate surface area is 232 Å². The van der Waals surface area contributed by atoms with Crippen molar-refractivity contribution in [2.24, 2.45) is 0 Å². The van der Waals surface area contributed by atoms with Gasteiger partial charge in [0.1, 0.15) is 12.6 Å². The maximum atomic E-state index is 14.0. The molecule has 3 aromatic carbocycles. The number of benzene rings is 3. The zero-order valence-corrected chi connectivity index (χ0v) is 24.5. The quantitative estimate of drug-likeness (QED) is 0.359. The molecule has 2 atom stereocenters. The fourth-order valence-corrected chi connectivity index (χ4v) is 5.49. The number of nitrogens with zero attached hydrogens (tertiary/aromatic N) is 2. The van der Waals surface area contributed by atoms with E-state index in [4.69, 9.17) is 0 Å². The molecule has 0 bridgehead atoms. The number of nitrogens with one attached hydrogen (secondary N) is 1. The van der Waals surface area contributed by atoms with Gasteiger partial charge in [-0.15, -0.1) is 0 Å². The molecule has 0 heterocycles. The van der Waals surface area contributed by atoms with Crippen molar-refractivity contribution in [3.05, 3.63) is 95.1 Å². The molecular formula is C31H39N3O4S. The molecule has 0 saturated carbocycles. The van der Waals surface area contributed by atoms with Gasteiger partial charge in [-0.1, -0.05) is 66.6 Å². The lowest BCUT2D eigenvalue weighted by Gasteiger charge is -2.32. The van der Waals surface area contributed by atoms with Crippen molar-refractivity contribution in [2.75, 3.05) is 10.8 Å². The average Bonchev–Trinajstić information content (AvgIpc) is 2.90. The van der Waals surface area contributed by atoms with Crippen molar-refractivity contribution in [3.8, 4) is 0 Å². The Bertz CT molecular complexity index is 1390. The topological polar surface area (TPSA) is 86.8 Å². The molecule has 3 rings (SSSR count). The summed E-state index contributed by atoms with van der Waals surface area (Å²) < 4.78 is 28.9. The lowest BCUT2D eigenvalue weighted by Crippen LogP contribution is -2.52. The number of carbonyl (C=O) groups is 2. The van der Waals surface area contributed by atoms with E-state index in [0.29, 0.717) is 5.69 Å². The minimum absolute atomic E-state index is 0.0537. The summed E-state index contributed by atoms with van der Waals surface area (Å²) in [5.74, 6) is -0.757. The molecular weight excluding hydrogens is 510 g/mol. The van der Waals surface area contributed by atoms with Crippen LogP contribution in [0.4, 0.5) is 5.69 Å². The third kappa shape index (κ3) is 7.69. The molecule has 1 N–H and O–H groups in total. The number of aryl methyl sites for hydroxylation is 3. The number of hydrogen-bond acceptors (Lipinski definition) is 4. The Hall–Kier alpha value is -3.65. The first-order chi connectivity index (χ1) is 18.4. The third-order valence-corrected chi connectivity index (χ3v) is 8.61. The zero-order chi connectivity index (χ0) is 28.7. The molecule has 0 aliphatic heterocycles. The molecule has 0 saturated heterocycles. The molecule has 0 aliphatic rings. The molecule has 0 radical (unpaired) electrons. The molecule has 3 aromatic rings. The summed E-state index contributed by atoms with van der Waals surface area (Å²) in [6.45, 7) is 11.0. The Balaban J connectivity index is 2.02. The molecule has 0 spiro atoms. The molecule has 0 aromatic heterocycles. The summed E-state index contributed by atoms with van der Waals surface area (Å²) >= 11 is 0. The molecule has 7 nitrogen and oxygen atoms in total. The molecule has 0 unspecified atom stereocenters. The van der Waals surface area contributed by atoms with Crippen LogP contribution in [0.1, 0.15) is 49.4 Å². The highest BCUT2D eigenvalue weighted by atomic mass is 32.2. The Morgan fingerprint density at radius 1 is 0.846 bits per heavy atom. The normalized spacial score (nSPS) is 12.9. The van der Waals surface area contributed by atoms with Gasteiger partial charge >= 0.3 is 0 Å². The van der Waals surface area contributed by atoms with Gasteiger partial charge in [0.05, 0.1) is 10.6 Å². The predicted octanol–water partition coefficient (Wildman–Crippen LogP) is 5.14. The van der Waals surface area contributed by atoms with Gasteiger partial charge in [-0.25, -0.2) is 8.42 Å². The molecule has 0 aliphatic carbocycles. The van der Waals surface area contributed by atoms with Gasteiger partial charge in [-0.05, 0) is 76.4 Å². The maximum Gasteiger partial charge on any atom is 0.264 e. The smallest absolute Gasteiger partial charge is 0.264 e. The van der Waals surface area contributed by atoms with Gasteiger partial charge in [0, 0.05) is 12.6 Å². The summed E-state index contributed by atoms with van der Waals surface area (Å²) in [7, 11) is -4.08. The Morgan fingerprint density at radius 2 is 1.44 bits per heavy atom. The van der Waals surface area contributed by atoms with Crippen molar-refractivity contribution < 1.29 is 18.0 Å². The first kappa shape index (κ1) is 29.9. The number of hydrogen-bond donors (Lipinski definition) is 1. The van der Waals surface area contributed by atoms with E-state index in [1.807, 2.05) is 65.0 Å². The lowest BCUT2D eigenvalue weighted by molar-refractivity contribution is -0.139. The monoisotopic (exact) mass is 549 g/mol. The van der Waals surface area contributed by atoms with E-state index in [2.05, 4.69) is 5.32 Å². The van der Waals surface area contributed by atoms with Gasteiger partial charge < -0.3 is 10.2 Å². The summed E-state index contributed by atoms with van der Waals surface area (Å²) in [5.41, 5.74) is 4.10. The highest BCUT2D eigenvalue weighted by Crippen LogP contribution is 2.25. The van der Waals surface area contributed by atoms with Crippen molar-refractivity contribution in [1.82, 2.24) is 10.2 Å². The summed E-state index contributed by atoms with van der Waals surface area (Å²) in [4.78, 5) is 28.6. The number of amides is 2. The van der Waals surface area contributed by atoms with E-state index < -0.39 is 28.5 Å². The van der Waals surface area contributed by atoms with Crippen LogP contribution in [0.25, 0.3) is 0 Å². The second kappa shape index (κ2) is 12.9. The first-order valence-corrected chi connectivity index (χ1v) is 14.7. The minimum Gasteiger partial charge on any atom is -0.352 e. The van der Waals surface area contributed by atoms with Gasteiger partial charge in [0.2, 0.25) is 11.8 Å². The van der Waals surface area contributed by atoms with Crippen LogP contribution in [-0.2, 0) is 26.2 Å². The zero-order valence-electron chi connectivity index (χ0n) is 23.6. The number of carbonyl (C=O) groups excluding carboxylic acids is 2. The average molecular weight is 550 g/mol. The summed E-state index contributed by atoms with van der Waals surface area (Å²) in [6, 6.07) is 20.5. The third-order valence-electron chi connectivity index (χ3n) is 6.82. The SMILES string of the molecule is CC[C@H](C)NC(=O)[C@H](C)N(Cc1ccc(C)cc1)C(=O)CN(c1cccc(C)c1)S(=O)(=O)c1ccc(C)cc1. The highest BCUT2D eigenvalue weighted by Gasteiger charge is 2.32. The van der Waals surface area contributed by atoms with Crippen LogP contribution < -0.4 is 9.62 Å². The van der Waals surface area contributed by atoms with Gasteiger partial charge in [-0.2, -0.15) is 0 Å². The van der Waals surface area contributed by atoms with E-state index >= 15 is 0 Å². The predicted molar refractivity (Wildman–Crippen MR) is 156 cm³/mol. The number of anilines is 1. The second-order valence-electron chi connectivity index (χ2n) is 10.2. The van der Waals surface area contributed by atoms with Crippen molar-refractivity contribution in [1.29, 1.82) is 0 Å². The number of rotatable bonds is 11. The highest BCUT2D eigenvalue weighted by molar-refractivity contribution is 7.92. The Kier molecular flexibility index (Phi) is 9.92. The van der Waals surface area contributed by atoms with E-state index in [-0.39, 0.29) is 23.4 Å². The van der Waals surface area contributed by atoms with Crippen LogP contribution >= 0.6 is 0 Å². The van der Waals surface area contributed by atoms with E-state index in [9.17, 15) is 18.0 Å². The fraction of sp³-hybridized carbons (Fsp3) is 0.355. The molecule has 39 heavy (non-hydrogen) atoms. The van der Waals surface area contributed by atoms with E-state index in [0.717, 1.165) is 33.0 Å². The van der Waals surface area contributed by atoms with Crippen LogP contribution in [0.3, 0.4) is 0 Å². The summed E-state index contributed by atoms with van der Waals surface area (Å²) in [6.07, 6.45) is 0.750. The van der Waals surface area contributed by atoms with Gasteiger partial charge in [0.25, 0.3) is 10.0 Å². The van der Waals surface area contributed by atoms with Gasteiger partial charge in [-0.3, -0.25) is 13.9 Å². The lowest BCUT2D eigenvalue weighted by atomic mass is 10.1.